The zero-order valence-corrected chi connectivity index (χ0v) is 20.0. The molecule has 0 saturated carbocycles. The van der Waals surface area contributed by atoms with E-state index in [4.69, 9.17) is 16.3 Å². The van der Waals surface area contributed by atoms with Gasteiger partial charge in [-0.1, -0.05) is 24.2 Å². The molecule has 0 saturated heterocycles. The van der Waals surface area contributed by atoms with E-state index in [1.807, 2.05) is 0 Å². The number of anilines is 1. The summed E-state index contributed by atoms with van der Waals surface area (Å²) in [4.78, 5) is 16.8. The van der Waals surface area contributed by atoms with E-state index in [1.165, 1.54) is 78.9 Å². The molecule has 0 atom stereocenters. The van der Waals surface area contributed by atoms with E-state index in [2.05, 4.69) is 19.4 Å². The van der Waals surface area contributed by atoms with Crippen LogP contribution in [0, 0.1) is 5.82 Å². The first-order chi connectivity index (χ1) is 17.3. The number of ether oxygens (including phenoxy) is 1. The van der Waals surface area contributed by atoms with Crippen LogP contribution >= 0.6 is 11.6 Å². The summed E-state index contributed by atoms with van der Waals surface area (Å²) >= 11 is 6.00. The zero-order valence-electron chi connectivity index (χ0n) is 18.5. The standard InChI is InChI=1S/C24H16ClFN4O5S.CH4/c1-34-22-10-18(15-8-16(25)13-27-12-15)19(26)11-21(22)30-20-4-3-17(9-14(20)2-5-24(30)31)36(32,33)29-23-6-7-35-28-23;/h2-13H,1H3,(H,28,29);1H4. The van der Waals surface area contributed by atoms with Crippen LogP contribution in [0.2, 0.25) is 5.02 Å². The molecule has 5 rings (SSSR count). The van der Waals surface area contributed by atoms with Gasteiger partial charge in [-0.05, 0) is 36.4 Å². The van der Waals surface area contributed by atoms with E-state index >= 15 is 4.39 Å². The van der Waals surface area contributed by atoms with Crippen molar-refractivity contribution in [3.63, 3.8) is 0 Å². The lowest BCUT2D eigenvalue weighted by molar-refractivity contribution is 0.412. The summed E-state index contributed by atoms with van der Waals surface area (Å²) in [5, 5.41) is 4.30. The monoisotopic (exact) mass is 542 g/mol. The van der Waals surface area contributed by atoms with Crippen molar-refractivity contribution >= 4 is 38.3 Å². The van der Waals surface area contributed by atoms with E-state index in [9.17, 15) is 13.2 Å². The Balaban J connectivity index is 0.00000320. The number of nitrogens with one attached hydrogen (secondary N) is 1. The average Bonchev–Trinajstić information content (AvgIpc) is 3.36. The first-order valence-electron chi connectivity index (χ1n) is 10.3. The highest BCUT2D eigenvalue weighted by atomic mass is 35.5. The number of nitrogens with zero attached hydrogens (tertiary/aromatic N) is 3. The number of methoxy groups -OCH3 is 1. The maximum atomic E-state index is 15.3. The molecule has 9 nitrogen and oxygen atoms in total. The molecule has 1 N–H and O–H groups in total. The summed E-state index contributed by atoms with van der Waals surface area (Å²) in [6.07, 6.45) is 4.13. The quantitative estimate of drug-likeness (QED) is 0.310. The summed E-state index contributed by atoms with van der Waals surface area (Å²) < 4.78 is 54.5. The second kappa shape index (κ2) is 10.0. The smallest absolute Gasteiger partial charge is 0.263 e. The fraction of sp³-hybridized carbons (Fsp3) is 0.0800. The fourth-order valence-corrected chi connectivity index (χ4v) is 4.96. The van der Waals surface area contributed by atoms with Gasteiger partial charge in [0.1, 0.15) is 17.8 Å². The van der Waals surface area contributed by atoms with Gasteiger partial charge in [0, 0.05) is 47.1 Å². The molecule has 5 aromatic rings. The Morgan fingerprint density at radius 1 is 1.08 bits per heavy atom. The molecule has 3 heterocycles. The van der Waals surface area contributed by atoms with E-state index in [0.29, 0.717) is 21.5 Å². The van der Waals surface area contributed by atoms with Gasteiger partial charge in [-0.2, -0.15) is 0 Å². The molecule has 37 heavy (non-hydrogen) atoms. The lowest BCUT2D eigenvalue weighted by Crippen LogP contribution is -2.19. The number of halogens is 2. The molecule has 0 bridgehead atoms. The van der Waals surface area contributed by atoms with Crippen LogP contribution in [0.3, 0.4) is 0 Å². The maximum Gasteiger partial charge on any atom is 0.263 e. The summed E-state index contributed by atoms with van der Waals surface area (Å²) in [7, 11) is -2.59. The summed E-state index contributed by atoms with van der Waals surface area (Å²) in [5.41, 5.74) is 0.642. The van der Waals surface area contributed by atoms with Crippen molar-refractivity contribution in [2.24, 2.45) is 0 Å². The van der Waals surface area contributed by atoms with Gasteiger partial charge < -0.3 is 9.26 Å². The highest BCUT2D eigenvalue weighted by Gasteiger charge is 2.20. The Morgan fingerprint density at radius 2 is 1.89 bits per heavy atom. The summed E-state index contributed by atoms with van der Waals surface area (Å²) in [5.74, 6) is -0.393. The van der Waals surface area contributed by atoms with Gasteiger partial charge in [0.15, 0.2) is 5.82 Å². The molecule has 0 aliphatic carbocycles. The topological polar surface area (TPSA) is 116 Å². The second-order valence-corrected chi connectivity index (χ2v) is 9.73. The van der Waals surface area contributed by atoms with E-state index in [-0.39, 0.29) is 35.1 Å². The first kappa shape index (κ1) is 25.9. The fourth-order valence-electron chi connectivity index (χ4n) is 3.76. The number of pyridine rings is 2. The van der Waals surface area contributed by atoms with Gasteiger partial charge in [-0.25, -0.2) is 12.8 Å². The Morgan fingerprint density at radius 3 is 2.59 bits per heavy atom. The van der Waals surface area contributed by atoms with Crippen LogP contribution in [0.5, 0.6) is 5.75 Å². The highest BCUT2D eigenvalue weighted by Crippen LogP contribution is 2.34. The minimum absolute atomic E-state index is 0. The molecule has 0 radical (unpaired) electrons. The number of hydrogen-bond acceptors (Lipinski definition) is 7. The number of sulfonamides is 1. The van der Waals surface area contributed by atoms with Crippen molar-refractivity contribution in [2.45, 2.75) is 12.3 Å². The lowest BCUT2D eigenvalue weighted by Gasteiger charge is -2.16. The molecule has 2 aromatic carbocycles. The first-order valence-corrected chi connectivity index (χ1v) is 12.2. The summed E-state index contributed by atoms with van der Waals surface area (Å²) in [6.45, 7) is 0. The number of fused-ring (bicyclic) bond motifs is 1. The van der Waals surface area contributed by atoms with Gasteiger partial charge in [0.05, 0.1) is 28.2 Å². The van der Waals surface area contributed by atoms with Crippen LogP contribution in [-0.2, 0) is 10.0 Å². The summed E-state index contributed by atoms with van der Waals surface area (Å²) in [6, 6.07) is 12.5. The van der Waals surface area contributed by atoms with Crippen molar-refractivity contribution in [1.29, 1.82) is 0 Å². The predicted molar refractivity (Wildman–Crippen MR) is 138 cm³/mol. The van der Waals surface area contributed by atoms with Gasteiger partial charge in [-0.15, -0.1) is 0 Å². The zero-order chi connectivity index (χ0) is 25.4. The SMILES string of the molecule is C.COc1cc(-c2cncc(Cl)c2)c(F)cc1-n1c(=O)ccc2cc(S(=O)(=O)Nc3ccon3)ccc21. The molecule has 0 amide bonds. The van der Waals surface area contributed by atoms with Crippen molar-refractivity contribution in [3.8, 4) is 22.6 Å². The lowest BCUT2D eigenvalue weighted by atomic mass is 10.1. The minimum Gasteiger partial charge on any atom is -0.495 e. The van der Waals surface area contributed by atoms with Crippen molar-refractivity contribution in [2.75, 3.05) is 11.8 Å². The van der Waals surface area contributed by atoms with Gasteiger partial charge >= 0.3 is 0 Å². The molecule has 3 aromatic heterocycles. The van der Waals surface area contributed by atoms with Crippen molar-refractivity contribution in [3.05, 3.63) is 94.4 Å². The normalized spacial score (nSPS) is 11.2. The van der Waals surface area contributed by atoms with Crippen molar-refractivity contribution in [1.82, 2.24) is 14.7 Å². The Kier molecular flexibility index (Phi) is 7.01. The van der Waals surface area contributed by atoms with Crippen LogP contribution in [0.25, 0.3) is 27.7 Å². The third-order valence-corrected chi connectivity index (χ3v) is 6.94. The Hall–Kier alpha value is -4.22. The minimum atomic E-state index is -3.98. The number of hydrogen-bond donors (Lipinski definition) is 1. The van der Waals surface area contributed by atoms with Gasteiger partial charge in [0.2, 0.25) is 0 Å². The molecular weight excluding hydrogens is 523 g/mol. The van der Waals surface area contributed by atoms with Crippen LogP contribution in [0.1, 0.15) is 7.43 Å². The van der Waals surface area contributed by atoms with Crippen molar-refractivity contribution < 1.29 is 22.1 Å². The highest BCUT2D eigenvalue weighted by molar-refractivity contribution is 7.92. The third-order valence-electron chi connectivity index (χ3n) is 5.38. The molecule has 12 heteroatoms. The van der Waals surface area contributed by atoms with Crippen LogP contribution in [0.4, 0.5) is 10.2 Å². The predicted octanol–water partition coefficient (Wildman–Crippen LogP) is 5.28. The second-order valence-electron chi connectivity index (χ2n) is 7.61. The van der Waals surface area contributed by atoms with Crippen LogP contribution < -0.4 is 15.0 Å². The molecule has 0 unspecified atom stereocenters. The third kappa shape index (κ3) is 4.91. The van der Waals surface area contributed by atoms with Gasteiger partial charge in [0.25, 0.3) is 15.6 Å². The van der Waals surface area contributed by atoms with Crippen LogP contribution in [-0.4, -0.2) is 30.2 Å². The molecule has 0 aliphatic rings. The average molecular weight is 543 g/mol. The number of benzene rings is 2. The molecule has 190 valence electrons. The molecule has 0 fully saturated rings. The Bertz CT molecular complexity index is 1770. The van der Waals surface area contributed by atoms with Gasteiger partial charge in [-0.3, -0.25) is 19.1 Å². The molecule has 0 aliphatic heterocycles. The van der Waals surface area contributed by atoms with E-state index in [1.54, 1.807) is 6.07 Å². The van der Waals surface area contributed by atoms with E-state index in [0.717, 1.165) is 0 Å². The number of aromatic nitrogens is 3. The van der Waals surface area contributed by atoms with E-state index < -0.39 is 21.4 Å². The Labute approximate surface area is 216 Å². The molecule has 0 spiro atoms. The number of rotatable bonds is 6. The largest absolute Gasteiger partial charge is 0.495 e. The molecular formula is C25H20ClFN4O5S. The maximum absolute atomic E-state index is 15.3. The van der Waals surface area contributed by atoms with Crippen LogP contribution in [0.15, 0.2) is 87.5 Å².